The first kappa shape index (κ1) is 22.9. The summed E-state index contributed by atoms with van der Waals surface area (Å²) in [5.41, 5.74) is -0.616. The average Bonchev–Trinajstić information content (AvgIpc) is 2.97. The first-order chi connectivity index (χ1) is 15.3. The molecule has 1 saturated carbocycles. The smallest absolute Gasteiger partial charge is 0.411 e. The van der Waals surface area contributed by atoms with Crippen LogP contribution in [0.5, 0.6) is 5.75 Å². The second-order valence-electron chi connectivity index (χ2n) is 10.2. The van der Waals surface area contributed by atoms with Crippen molar-refractivity contribution in [1.29, 1.82) is 0 Å². The minimum Gasteiger partial charge on any atom is -0.488 e. The lowest BCUT2D eigenvalue weighted by molar-refractivity contribution is -0.135. The van der Waals surface area contributed by atoms with E-state index in [9.17, 15) is 9.59 Å². The highest BCUT2D eigenvalue weighted by molar-refractivity contribution is 5.86. The lowest BCUT2D eigenvalue weighted by Gasteiger charge is -2.37. The maximum atomic E-state index is 13.6. The summed E-state index contributed by atoms with van der Waals surface area (Å²) < 4.78 is 11.8. The molecule has 1 aromatic carbocycles. The molecule has 2 saturated heterocycles. The second-order valence-corrected chi connectivity index (χ2v) is 10.2. The molecular formula is C25H37N3O4. The Morgan fingerprint density at radius 1 is 0.969 bits per heavy atom. The van der Waals surface area contributed by atoms with E-state index in [4.69, 9.17) is 9.47 Å². The van der Waals surface area contributed by atoms with Crippen LogP contribution in [-0.4, -0.2) is 83.2 Å². The third-order valence-electron chi connectivity index (χ3n) is 6.65. The van der Waals surface area contributed by atoms with Crippen molar-refractivity contribution in [1.82, 2.24) is 14.7 Å². The Hall–Kier alpha value is -2.28. The maximum Gasteiger partial charge on any atom is 0.411 e. The van der Waals surface area contributed by atoms with Crippen LogP contribution in [0, 0.1) is 0 Å². The predicted molar refractivity (Wildman–Crippen MR) is 123 cm³/mol. The fraction of sp³-hybridized carbons (Fsp3) is 0.680. The minimum atomic E-state index is -0.616. The Bertz CT molecular complexity index is 790. The summed E-state index contributed by atoms with van der Waals surface area (Å²) in [6.07, 6.45) is 4.65. The number of hydrogen-bond donors (Lipinski definition) is 0. The van der Waals surface area contributed by atoms with E-state index in [0.717, 1.165) is 38.3 Å². The topological polar surface area (TPSA) is 62.3 Å². The highest BCUT2D eigenvalue weighted by Gasteiger charge is 2.44. The summed E-state index contributed by atoms with van der Waals surface area (Å²) in [7, 11) is 0. The van der Waals surface area contributed by atoms with Gasteiger partial charge in [0, 0.05) is 38.6 Å². The van der Waals surface area contributed by atoms with E-state index in [1.165, 1.54) is 19.3 Å². The predicted octanol–water partition coefficient (Wildman–Crippen LogP) is 3.53. The molecule has 0 radical (unpaired) electrons. The van der Waals surface area contributed by atoms with E-state index in [0.29, 0.717) is 19.0 Å². The first-order valence-electron chi connectivity index (χ1n) is 12.0. The molecule has 32 heavy (non-hydrogen) atoms. The van der Waals surface area contributed by atoms with Crippen molar-refractivity contribution in [2.45, 2.75) is 76.7 Å². The fourth-order valence-electron chi connectivity index (χ4n) is 4.82. The summed E-state index contributed by atoms with van der Waals surface area (Å²) in [5, 5.41) is 0. The fourth-order valence-corrected chi connectivity index (χ4v) is 4.82. The monoisotopic (exact) mass is 443 g/mol. The molecule has 0 bridgehead atoms. The van der Waals surface area contributed by atoms with E-state index < -0.39 is 17.7 Å². The molecule has 3 aliphatic rings. The number of nitrogens with zero attached hydrogens (tertiary/aromatic N) is 3. The lowest BCUT2D eigenvalue weighted by Crippen LogP contribution is -2.50. The quantitative estimate of drug-likeness (QED) is 0.712. The number of carbonyl (C=O) groups excluding carboxylic acids is 2. The van der Waals surface area contributed by atoms with E-state index in [2.05, 4.69) is 4.90 Å². The van der Waals surface area contributed by atoms with Crippen molar-refractivity contribution in [2.75, 3.05) is 32.7 Å². The average molecular weight is 444 g/mol. The van der Waals surface area contributed by atoms with Crippen LogP contribution in [0.1, 0.15) is 52.9 Å². The normalized spacial score (nSPS) is 25.2. The number of para-hydroxylation sites is 1. The zero-order chi connectivity index (χ0) is 22.7. The van der Waals surface area contributed by atoms with E-state index in [1.807, 2.05) is 56.0 Å². The molecule has 1 unspecified atom stereocenters. The van der Waals surface area contributed by atoms with Gasteiger partial charge in [0.25, 0.3) is 0 Å². The molecule has 176 valence electrons. The first-order valence-corrected chi connectivity index (χ1v) is 12.0. The van der Waals surface area contributed by atoms with Gasteiger partial charge in [-0.1, -0.05) is 24.6 Å². The third kappa shape index (κ3) is 5.55. The molecule has 1 aromatic rings. The minimum absolute atomic E-state index is 0.0190. The molecule has 2 heterocycles. The van der Waals surface area contributed by atoms with Crippen molar-refractivity contribution in [2.24, 2.45) is 0 Å². The van der Waals surface area contributed by atoms with Gasteiger partial charge >= 0.3 is 6.09 Å². The van der Waals surface area contributed by atoms with Gasteiger partial charge in [-0.2, -0.15) is 0 Å². The van der Waals surface area contributed by atoms with Crippen LogP contribution in [0.15, 0.2) is 30.3 Å². The van der Waals surface area contributed by atoms with Gasteiger partial charge < -0.3 is 14.4 Å². The van der Waals surface area contributed by atoms with Gasteiger partial charge in [0.05, 0.1) is 6.54 Å². The molecule has 0 spiro atoms. The Kier molecular flexibility index (Phi) is 6.93. The van der Waals surface area contributed by atoms with Crippen LogP contribution in [-0.2, 0) is 9.53 Å². The molecule has 0 N–H and O–H groups in total. The number of rotatable bonds is 4. The van der Waals surface area contributed by atoms with Gasteiger partial charge in [0.1, 0.15) is 23.5 Å². The summed E-state index contributed by atoms with van der Waals surface area (Å²) in [6.45, 7) is 9.32. The Morgan fingerprint density at radius 2 is 1.72 bits per heavy atom. The number of amides is 2. The molecule has 2 aliphatic heterocycles. The van der Waals surface area contributed by atoms with E-state index in [1.54, 1.807) is 4.90 Å². The molecule has 0 aromatic heterocycles. The van der Waals surface area contributed by atoms with Crippen molar-refractivity contribution in [3.63, 3.8) is 0 Å². The summed E-state index contributed by atoms with van der Waals surface area (Å²) in [4.78, 5) is 32.6. The largest absolute Gasteiger partial charge is 0.488 e. The Labute approximate surface area is 191 Å². The van der Waals surface area contributed by atoms with Gasteiger partial charge in [-0.25, -0.2) is 4.79 Å². The van der Waals surface area contributed by atoms with Crippen molar-refractivity contribution in [3.8, 4) is 5.75 Å². The molecular weight excluding hydrogens is 406 g/mol. The third-order valence-corrected chi connectivity index (χ3v) is 6.65. The van der Waals surface area contributed by atoms with Crippen LogP contribution in [0.4, 0.5) is 4.79 Å². The van der Waals surface area contributed by atoms with Gasteiger partial charge in [-0.15, -0.1) is 0 Å². The lowest BCUT2D eigenvalue weighted by atomic mass is 9.91. The van der Waals surface area contributed by atoms with Crippen LogP contribution < -0.4 is 4.74 Å². The molecule has 3 fully saturated rings. The summed E-state index contributed by atoms with van der Waals surface area (Å²) in [5.74, 6) is 0.770. The summed E-state index contributed by atoms with van der Waals surface area (Å²) in [6, 6.07) is 9.72. The molecule has 1 aliphatic carbocycles. The van der Waals surface area contributed by atoms with Gasteiger partial charge in [0.2, 0.25) is 5.91 Å². The number of benzene rings is 1. The SMILES string of the molecule is CC(C)(C)OC(=O)N1CC(Oc2ccccc2)C[C@H]1C(=O)N1CCCN(C2CCC2)CC1. The maximum absolute atomic E-state index is 13.6. The molecule has 4 rings (SSSR count). The van der Waals surface area contributed by atoms with Crippen molar-refractivity contribution >= 4 is 12.0 Å². The zero-order valence-electron chi connectivity index (χ0n) is 19.7. The van der Waals surface area contributed by atoms with E-state index >= 15 is 0 Å². The van der Waals surface area contributed by atoms with Gasteiger partial charge in [0.15, 0.2) is 0 Å². The van der Waals surface area contributed by atoms with Gasteiger partial charge in [-0.05, 0) is 52.2 Å². The van der Waals surface area contributed by atoms with Crippen LogP contribution >= 0.6 is 0 Å². The standard InChI is InChI=1S/C25H37N3O4/c1-25(2,3)32-24(30)28-18-21(31-20-11-5-4-6-12-20)17-22(28)23(29)27-14-8-13-26(15-16-27)19-9-7-10-19/h4-6,11-12,19,21-22H,7-10,13-18H2,1-3H3/t21?,22-/m0/s1. The number of carbonyl (C=O) groups is 2. The van der Waals surface area contributed by atoms with E-state index in [-0.39, 0.29) is 12.0 Å². The Morgan fingerprint density at radius 3 is 2.38 bits per heavy atom. The molecule has 2 atom stereocenters. The zero-order valence-corrected chi connectivity index (χ0v) is 19.7. The number of ether oxygens (including phenoxy) is 2. The number of likely N-dealkylation sites (tertiary alicyclic amines) is 1. The van der Waals surface area contributed by atoms with Crippen molar-refractivity contribution in [3.05, 3.63) is 30.3 Å². The van der Waals surface area contributed by atoms with Gasteiger partial charge in [-0.3, -0.25) is 14.6 Å². The van der Waals surface area contributed by atoms with Crippen LogP contribution in [0.2, 0.25) is 0 Å². The van der Waals surface area contributed by atoms with Crippen LogP contribution in [0.25, 0.3) is 0 Å². The van der Waals surface area contributed by atoms with Crippen LogP contribution in [0.3, 0.4) is 0 Å². The molecule has 2 amide bonds. The molecule has 7 nitrogen and oxygen atoms in total. The Balaban J connectivity index is 1.44. The number of hydrogen-bond acceptors (Lipinski definition) is 5. The van der Waals surface area contributed by atoms with Crippen molar-refractivity contribution < 1.29 is 19.1 Å². The highest BCUT2D eigenvalue weighted by Crippen LogP contribution is 2.28. The summed E-state index contributed by atoms with van der Waals surface area (Å²) >= 11 is 0. The molecule has 7 heteroatoms. The highest BCUT2D eigenvalue weighted by atomic mass is 16.6. The second kappa shape index (κ2) is 9.69.